The summed E-state index contributed by atoms with van der Waals surface area (Å²) in [7, 11) is 0. The first-order chi connectivity index (χ1) is 3.17. The third kappa shape index (κ3) is 0.657. The Morgan fingerprint density at radius 2 is 2.14 bits per heavy atom. The second-order valence-electron chi connectivity index (χ2n) is 2.28. The third-order valence-electron chi connectivity index (χ3n) is 1.18. The van der Waals surface area contributed by atoms with E-state index in [2.05, 4.69) is 0 Å². The molecule has 1 rings (SSSR count). The fourth-order valence-electron chi connectivity index (χ4n) is 0.485. The summed E-state index contributed by atoms with van der Waals surface area (Å²) in [6.45, 7) is 3.79. The maximum atomic E-state index is 9.86. The molecule has 0 N–H and O–H groups in total. The number of carbonyl (C=O) groups is 1. The van der Waals surface area contributed by atoms with Crippen molar-refractivity contribution in [1.82, 2.24) is 0 Å². The topological polar surface area (TPSA) is 29.6 Å². The lowest BCUT2D eigenvalue weighted by Gasteiger charge is -1.84. The molecule has 1 atom stereocenters. The molecule has 40 valence electrons. The molecule has 1 heterocycles. The van der Waals surface area contributed by atoms with Crippen LogP contribution < -0.4 is 0 Å². The van der Waals surface area contributed by atoms with Gasteiger partial charge < -0.3 is 9.53 Å². The number of aldehydes is 1. The van der Waals surface area contributed by atoms with Crippen LogP contribution >= 0.6 is 0 Å². The van der Waals surface area contributed by atoms with Crippen molar-refractivity contribution >= 4 is 6.29 Å². The molecule has 1 saturated heterocycles. The lowest BCUT2D eigenvalue weighted by molar-refractivity contribution is -0.108. The van der Waals surface area contributed by atoms with Gasteiger partial charge in [-0.1, -0.05) is 0 Å². The van der Waals surface area contributed by atoms with E-state index in [9.17, 15) is 4.79 Å². The molecule has 0 bridgehead atoms. The van der Waals surface area contributed by atoms with Crippen molar-refractivity contribution < 1.29 is 9.53 Å². The predicted molar refractivity (Wildman–Crippen MR) is 25.0 cm³/mol. The Balaban J connectivity index is 2.44. The van der Waals surface area contributed by atoms with Crippen LogP contribution in [-0.2, 0) is 9.53 Å². The molecule has 1 aliphatic rings. The largest absolute Gasteiger partial charge is 0.359 e. The number of carbonyl (C=O) groups excluding carboxylic acids is 1. The molecule has 0 aromatic rings. The van der Waals surface area contributed by atoms with E-state index >= 15 is 0 Å². The second kappa shape index (κ2) is 1.07. The Morgan fingerprint density at radius 1 is 1.71 bits per heavy atom. The quantitative estimate of drug-likeness (QED) is 0.352. The molecule has 2 nitrogen and oxygen atoms in total. The van der Waals surface area contributed by atoms with Gasteiger partial charge in [0.15, 0.2) is 6.29 Å². The minimum absolute atomic E-state index is 0.132. The SMILES string of the molecule is CC1(C)O[C@@H]1C=O. The Bertz CT molecular complexity index is 96.3. The summed E-state index contributed by atoms with van der Waals surface area (Å²) in [6, 6.07) is 0. The molecule has 7 heavy (non-hydrogen) atoms. The van der Waals surface area contributed by atoms with Gasteiger partial charge in [0.2, 0.25) is 0 Å². The number of rotatable bonds is 1. The molecule has 2 heteroatoms. The van der Waals surface area contributed by atoms with Crippen LogP contribution in [0.1, 0.15) is 13.8 Å². The van der Waals surface area contributed by atoms with E-state index in [1.807, 2.05) is 13.8 Å². The van der Waals surface area contributed by atoms with E-state index in [1.54, 1.807) is 0 Å². The van der Waals surface area contributed by atoms with E-state index in [-0.39, 0.29) is 11.7 Å². The van der Waals surface area contributed by atoms with Gasteiger partial charge in [-0.05, 0) is 13.8 Å². The van der Waals surface area contributed by atoms with Gasteiger partial charge in [-0.2, -0.15) is 0 Å². The number of hydrogen-bond donors (Lipinski definition) is 0. The summed E-state index contributed by atoms with van der Waals surface area (Å²) in [6.07, 6.45) is 0.701. The summed E-state index contributed by atoms with van der Waals surface area (Å²) in [4.78, 5) is 9.86. The molecule has 0 saturated carbocycles. The van der Waals surface area contributed by atoms with Gasteiger partial charge in [-0.3, -0.25) is 0 Å². The van der Waals surface area contributed by atoms with Crippen LogP contribution in [-0.4, -0.2) is 18.0 Å². The van der Waals surface area contributed by atoms with E-state index in [1.165, 1.54) is 0 Å². The van der Waals surface area contributed by atoms with E-state index in [4.69, 9.17) is 4.74 Å². The Hall–Kier alpha value is -0.370. The first-order valence-corrected chi connectivity index (χ1v) is 2.30. The highest BCUT2D eigenvalue weighted by Gasteiger charge is 2.47. The van der Waals surface area contributed by atoms with Gasteiger partial charge in [0.1, 0.15) is 6.10 Å². The smallest absolute Gasteiger partial charge is 0.151 e. The van der Waals surface area contributed by atoms with Crippen LogP contribution in [0.15, 0.2) is 0 Å². The maximum Gasteiger partial charge on any atom is 0.151 e. The molecule has 0 aliphatic carbocycles. The second-order valence-corrected chi connectivity index (χ2v) is 2.28. The fourth-order valence-corrected chi connectivity index (χ4v) is 0.485. The first kappa shape index (κ1) is 4.78. The Labute approximate surface area is 42.5 Å². The number of hydrogen-bond acceptors (Lipinski definition) is 2. The Kier molecular flexibility index (Phi) is 0.729. The van der Waals surface area contributed by atoms with Gasteiger partial charge in [-0.15, -0.1) is 0 Å². The van der Waals surface area contributed by atoms with Crippen LogP contribution in [0.4, 0.5) is 0 Å². The van der Waals surface area contributed by atoms with Crippen LogP contribution in [0.2, 0.25) is 0 Å². The molecule has 0 radical (unpaired) electrons. The number of epoxide rings is 1. The normalized spacial score (nSPS) is 34.9. The van der Waals surface area contributed by atoms with Crippen molar-refractivity contribution in [3.63, 3.8) is 0 Å². The zero-order valence-corrected chi connectivity index (χ0v) is 4.47. The molecule has 0 unspecified atom stereocenters. The Morgan fingerprint density at radius 3 is 2.14 bits per heavy atom. The molecule has 1 aliphatic heterocycles. The highest BCUT2D eigenvalue weighted by molar-refractivity contribution is 5.62. The van der Waals surface area contributed by atoms with Crippen molar-refractivity contribution in [1.29, 1.82) is 0 Å². The highest BCUT2D eigenvalue weighted by atomic mass is 16.6. The minimum atomic E-state index is -0.151. The third-order valence-corrected chi connectivity index (χ3v) is 1.18. The number of ether oxygens (including phenoxy) is 1. The lowest BCUT2D eigenvalue weighted by Crippen LogP contribution is -2.02. The predicted octanol–water partition coefficient (Wildman–Crippen LogP) is 0.363. The van der Waals surface area contributed by atoms with E-state index < -0.39 is 0 Å². The van der Waals surface area contributed by atoms with E-state index in [0.29, 0.717) is 0 Å². The van der Waals surface area contributed by atoms with Gasteiger partial charge in [-0.25, -0.2) is 0 Å². The fraction of sp³-hybridized carbons (Fsp3) is 0.800. The average Bonchev–Trinajstić information content (AvgIpc) is 2.13. The standard InChI is InChI=1S/C5H8O2/c1-5(2)4(3-6)7-5/h3-4H,1-2H3/t4-/m1/s1. The maximum absolute atomic E-state index is 9.86. The zero-order chi connectivity index (χ0) is 5.49. The summed E-state index contributed by atoms with van der Waals surface area (Å²) in [5, 5.41) is 0. The minimum Gasteiger partial charge on any atom is -0.359 e. The van der Waals surface area contributed by atoms with Gasteiger partial charge in [0.25, 0.3) is 0 Å². The van der Waals surface area contributed by atoms with E-state index in [0.717, 1.165) is 6.29 Å². The van der Waals surface area contributed by atoms with Crippen LogP contribution in [0.5, 0.6) is 0 Å². The molecular formula is C5H8O2. The summed E-state index contributed by atoms with van der Waals surface area (Å²) >= 11 is 0. The molecule has 0 spiro atoms. The first-order valence-electron chi connectivity index (χ1n) is 2.30. The van der Waals surface area contributed by atoms with Gasteiger partial charge in [0.05, 0.1) is 5.60 Å². The molecule has 0 aromatic carbocycles. The van der Waals surface area contributed by atoms with Crippen molar-refractivity contribution in [2.24, 2.45) is 0 Å². The zero-order valence-electron chi connectivity index (χ0n) is 4.47. The highest BCUT2D eigenvalue weighted by Crippen LogP contribution is 2.32. The van der Waals surface area contributed by atoms with Crippen molar-refractivity contribution in [3.05, 3.63) is 0 Å². The van der Waals surface area contributed by atoms with Gasteiger partial charge in [0, 0.05) is 0 Å². The molecule has 1 fully saturated rings. The molecule has 0 aromatic heterocycles. The van der Waals surface area contributed by atoms with Crippen molar-refractivity contribution in [2.45, 2.75) is 25.6 Å². The summed E-state index contributed by atoms with van der Waals surface area (Å²) in [5.41, 5.74) is -0.151. The van der Waals surface area contributed by atoms with Crippen molar-refractivity contribution in [2.75, 3.05) is 0 Å². The van der Waals surface area contributed by atoms with Crippen LogP contribution in [0, 0.1) is 0 Å². The van der Waals surface area contributed by atoms with Crippen molar-refractivity contribution in [3.8, 4) is 0 Å². The molecular weight excluding hydrogens is 92.1 g/mol. The summed E-state index contributed by atoms with van der Waals surface area (Å²) < 4.78 is 4.89. The average molecular weight is 100 g/mol. The molecule has 0 amide bonds. The van der Waals surface area contributed by atoms with Crippen LogP contribution in [0.3, 0.4) is 0 Å². The summed E-state index contributed by atoms with van der Waals surface area (Å²) in [5.74, 6) is 0. The van der Waals surface area contributed by atoms with Gasteiger partial charge >= 0.3 is 0 Å². The lowest BCUT2D eigenvalue weighted by atomic mass is 10.2. The monoisotopic (exact) mass is 100 g/mol. The van der Waals surface area contributed by atoms with Crippen LogP contribution in [0.25, 0.3) is 0 Å².